The molecule has 0 aromatic carbocycles. The highest BCUT2D eigenvalue weighted by Crippen LogP contribution is 2.23. The minimum Gasteiger partial charge on any atom is -0.467 e. The topological polar surface area (TPSA) is 33.4 Å². The smallest absolute Gasteiger partial charge is 0.131 e. The van der Waals surface area contributed by atoms with Gasteiger partial charge in [-0.1, -0.05) is 19.6 Å². The molecule has 0 aliphatic heterocycles. The van der Waals surface area contributed by atoms with Gasteiger partial charge in [-0.3, -0.25) is 0 Å². The minimum atomic E-state index is -1.19. The highest BCUT2D eigenvalue weighted by molar-refractivity contribution is 6.76. The van der Waals surface area contributed by atoms with Gasteiger partial charge in [0.15, 0.2) is 0 Å². The van der Waals surface area contributed by atoms with Crippen LogP contribution in [0.1, 0.15) is 11.9 Å². The van der Waals surface area contributed by atoms with Gasteiger partial charge in [-0.05, 0) is 18.2 Å². The molecule has 12 heavy (non-hydrogen) atoms. The Kier molecular flexibility index (Phi) is 2.75. The van der Waals surface area contributed by atoms with E-state index in [1.807, 2.05) is 12.1 Å². The predicted molar refractivity (Wildman–Crippen MR) is 51.8 cm³/mol. The number of rotatable bonds is 3. The van der Waals surface area contributed by atoms with Crippen LogP contribution in [-0.2, 0) is 0 Å². The molecule has 0 amide bonds. The van der Waals surface area contributed by atoms with Gasteiger partial charge < -0.3 is 9.52 Å². The van der Waals surface area contributed by atoms with Crippen LogP contribution >= 0.6 is 0 Å². The first-order valence-corrected chi connectivity index (χ1v) is 7.91. The van der Waals surface area contributed by atoms with Crippen molar-refractivity contribution in [2.24, 2.45) is 0 Å². The highest BCUT2D eigenvalue weighted by Gasteiger charge is 2.21. The van der Waals surface area contributed by atoms with Gasteiger partial charge in [0.05, 0.1) is 6.26 Å². The van der Waals surface area contributed by atoms with Crippen LogP contribution in [0.4, 0.5) is 0 Å². The quantitative estimate of drug-likeness (QED) is 0.733. The van der Waals surface area contributed by atoms with Gasteiger partial charge in [0, 0.05) is 8.07 Å². The van der Waals surface area contributed by atoms with Crippen LogP contribution in [0, 0.1) is 0 Å². The van der Waals surface area contributed by atoms with E-state index in [9.17, 15) is 5.11 Å². The van der Waals surface area contributed by atoms with Crippen molar-refractivity contribution in [3.05, 3.63) is 24.2 Å². The fourth-order valence-corrected chi connectivity index (χ4v) is 2.52. The predicted octanol–water partition coefficient (Wildman–Crippen LogP) is 2.65. The summed E-state index contributed by atoms with van der Waals surface area (Å²) >= 11 is 0. The second kappa shape index (κ2) is 3.45. The van der Waals surface area contributed by atoms with Crippen molar-refractivity contribution < 1.29 is 9.52 Å². The lowest BCUT2D eigenvalue weighted by molar-refractivity contribution is 0.168. The van der Waals surface area contributed by atoms with Crippen molar-refractivity contribution >= 4 is 8.07 Å². The lowest BCUT2D eigenvalue weighted by atomic mass is 10.3. The SMILES string of the molecule is C[Si](C)(C)C[C@@H](O)c1ccco1. The Balaban J connectivity index is 2.56. The molecule has 0 saturated heterocycles. The van der Waals surface area contributed by atoms with Crippen molar-refractivity contribution in [3.63, 3.8) is 0 Å². The zero-order valence-electron chi connectivity index (χ0n) is 7.87. The molecule has 0 fully saturated rings. The second-order valence-electron chi connectivity index (χ2n) is 4.30. The number of aliphatic hydroxyl groups is 1. The molecule has 0 saturated carbocycles. The Hall–Kier alpha value is -0.543. The highest BCUT2D eigenvalue weighted by atomic mass is 28.3. The number of furan rings is 1. The van der Waals surface area contributed by atoms with Crippen molar-refractivity contribution in [1.82, 2.24) is 0 Å². The lowest BCUT2D eigenvalue weighted by Gasteiger charge is -2.18. The standard InChI is InChI=1S/C9H16O2Si/c1-12(2,3)7-8(10)9-5-4-6-11-9/h4-6,8,10H,7H2,1-3H3/t8-/m1/s1. The summed E-state index contributed by atoms with van der Waals surface area (Å²) in [6, 6.07) is 4.49. The molecule has 2 nitrogen and oxygen atoms in total. The van der Waals surface area contributed by atoms with Gasteiger partial charge in [-0.15, -0.1) is 0 Å². The first-order chi connectivity index (χ1) is 5.49. The van der Waals surface area contributed by atoms with Gasteiger partial charge in [0.2, 0.25) is 0 Å². The summed E-state index contributed by atoms with van der Waals surface area (Å²) in [5, 5.41) is 9.69. The average Bonchev–Trinajstić information content (AvgIpc) is 2.32. The van der Waals surface area contributed by atoms with Crippen LogP contribution in [0.3, 0.4) is 0 Å². The average molecular weight is 184 g/mol. The summed E-state index contributed by atoms with van der Waals surface area (Å²) in [5.74, 6) is 0.692. The Morgan fingerprint density at radius 2 is 2.17 bits per heavy atom. The summed E-state index contributed by atoms with van der Waals surface area (Å²) in [5.41, 5.74) is 0. The van der Waals surface area contributed by atoms with Crippen molar-refractivity contribution in [1.29, 1.82) is 0 Å². The van der Waals surface area contributed by atoms with E-state index in [0.717, 1.165) is 6.04 Å². The maximum Gasteiger partial charge on any atom is 0.131 e. The fourth-order valence-electron chi connectivity index (χ4n) is 1.16. The van der Waals surface area contributed by atoms with E-state index in [-0.39, 0.29) is 0 Å². The third-order valence-corrected chi connectivity index (χ3v) is 3.29. The van der Waals surface area contributed by atoms with E-state index in [4.69, 9.17) is 4.42 Å². The molecule has 68 valence electrons. The van der Waals surface area contributed by atoms with E-state index in [0.29, 0.717) is 5.76 Å². The third-order valence-electron chi connectivity index (χ3n) is 1.68. The van der Waals surface area contributed by atoms with Gasteiger partial charge in [-0.25, -0.2) is 0 Å². The lowest BCUT2D eigenvalue weighted by Crippen LogP contribution is -2.22. The summed E-state index contributed by atoms with van der Waals surface area (Å²) in [7, 11) is -1.19. The van der Waals surface area contributed by atoms with Crippen molar-refractivity contribution in [3.8, 4) is 0 Å². The molecule has 0 radical (unpaired) electrons. The molecule has 1 aromatic heterocycles. The van der Waals surface area contributed by atoms with Crippen molar-refractivity contribution in [2.75, 3.05) is 0 Å². The molecule has 0 aliphatic carbocycles. The molecule has 3 heteroatoms. The zero-order chi connectivity index (χ0) is 9.19. The van der Waals surface area contributed by atoms with Crippen LogP contribution < -0.4 is 0 Å². The molecule has 0 spiro atoms. The van der Waals surface area contributed by atoms with Crippen molar-refractivity contribution in [2.45, 2.75) is 31.8 Å². The number of aliphatic hydroxyl groups excluding tert-OH is 1. The molecular weight excluding hydrogens is 168 g/mol. The van der Waals surface area contributed by atoms with E-state index < -0.39 is 14.2 Å². The molecule has 1 aromatic rings. The van der Waals surface area contributed by atoms with Gasteiger partial charge in [0.25, 0.3) is 0 Å². The third kappa shape index (κ3) is 2.83. The maximum absolute atomic E-state index is 9.69. The first-order valence-electron chi connectivity index (χ1n) is 4.20. The first kappa shape index (κ1) is 9.54. The molecule has 0 bridgehead atoms. The van der Waals surface area contributed by atoms with Gasteiger partial charge in [-0.2, -0.15) is 0 Å². The summed E-state index contributed by atoms with van der Waals surface area (Å²) in [4.78, 5) is 0. The fraction of sp³-hybridized carbons (Fsp3) is 0.556. The maximum atomic E-state index is 9.69. The van der Waals surface area contributed by atoms with E-state index >= 15 is 0 Å². The number of hydrogen-bond donors (Lipinski definition) is 1. The van der Waals surface area contributed by atoms with Gasteiger partial charge >= 0.3 is 0 Å². The monoisotopic (exact) mass is 184 g/mol. The van der Waals surface area contributed by atoms with Crippen LogP contribution in [0.25, 0.3) is 0 Å². The summed E-state index contributed by atoms with van der Waals surface area (Å²) in [6.07, 6.45) is 1.19. The zero-order valence-corrected chi connectivity index (χ0v) is 8.87. The Morgan fingerprint density at radius 1 is 1.50 bits per heavy atom. The molecule has 1 N–H and O–H groups in total. The Bertz CT molecular complexity index is 223. The molecule has 1 atom stereocenters. The number of hydrogen-bond acceptors (Lipinski definition) is 2. The second-order valence-corrected chi connectivity index (χ2v) is 9.83. The molecule has 1 heterocycles. The van der Waals surface area contributed by atoms with Crippen LogP contribution in [0.2, 0.25) is 25.7 Å². The minimum absolute atomic E-state index is 0.410. The molecular formula is C9H16O2Si. The molecule has 1 rings (SSSR count). The van der Waals surface area contributed by atoms with Crippen LogP contribution in [0.5, 0.6) is 0 Å². The molecule has 0 unspecified atom stereocenters. The molecule has 0 aliphatic rings. The summed E-state index contributed by atoms with van der Waals surface area (Å²) < 4.78 is 5.11. The Labute approximate surface area is 74.2 Å². The van der Waals surface area contributed by atoms with E-state index in [2.05, 4.69) is 19.6 Å². The summed E-state index contributed by atoms with van der Waals surface area (Å²) in [6.45, 7) is 6.71. The Morgan fingerprint density at radius 3 is 2.58 bits per heavy atom. The van der Waals surface area contributed by atoms with Crippen LogP contribution in [0.15, 0.2) is 22.8 Å². The largest absolute Gasteiger partial charge is 0.467 e. The van der Waals surface area contributed by atoms with E-state index in [1.165, 1.54) is 0 Å². The van der Waals surface area contributed by atoms with E-state index in [1.54, 1.807) is 6.26 Å². The van der Waals surface area contributed by atoms with Crippen LogP contribution in [-0.4, -0.2) is 13.2 Å². The van der Waals surface area contributed by atoms with Gasteiger partial charge in [0.1, 0.15) is 11.9 Å². The normalized spacial score (nSPS) is 14.7.